The maximum absolute atomic E-state index is 12.1. The molecule has 1 heterocycles. The minimum absolute atomic E-state index is 0.0647. The fourth-order valence-electron chi connectivity index (χ4n) is 2.66. The molecule has 1 aliphatic rings. The van der Waals surface area contributed by atoms with Crippen molar-refractivity contribution < 1.29 is 14.7 Å². The normalized spacial score (nSPS) is 18.5. The number of halogens is 1. The van der Waals surface area contributed by atoms with Gasteiger partial charge >= 0.3 is 5.97 Å². The summed E-state index contributed by atoms with van der Waals surface area (Å²) in [7, 11) is 0. The van der Waals surface area contributed by atoms with Crippen LogP contribution in [0.5, 0.6) is 0 Å². The summed E-state index contributed by atoms with van der Waals surface area (Å²) in [6.07, 6.45) is 3.52. The molecule has 4 nitrogen and oxygen atoms in total. The zero-order chi connectivity index (χ0) is 15.2. The molecule has 21 heavy (non-hydrogen) atoms. The topological polar surface area (TPSA) is 57.6 Å². The first kappa shape index (κ1) is 15.8. The van der Waals surface area contributed by atoms with Crippen molar-refractivity contribution in [3.63, 3.8) is 0 Å². The molecule has 5 heteroatoms. The Kier molecular flexibility index (Phi) is 5.62. The Morgan fingerprint density at radius 2 is 2.00 bits per heavy atom. The Morgan fingerprint density at radius 3 is 2.67 bits per heavy atom. The minimum atomic E-state index is -0.798. The molecule has 1 aromatic rings. The highest BCUT2D eigenvalue weighted by Gasteiger charge is 2.27. The smallest absolute Gasteiger partial charge is 0.308 e. The summed E-state index contributed by atoms with van der Waals surface area (Å²) >= 11 is 5.83. The van der Waals surface area contributed by atoms with Gasteiger partial charge in [0.1, 0.15) is 0 Å². The number of carboxylic acids is 1. The summed E-state index contributed by atoms with van der Waals surface area (Å²) in [5, 5.41) is 9.75. The molecular formula is C16H20ClNO3. The van der Waals surface area contributed by atoms with Gasteiger partial charge in [-0.15, -0.1) is 0 Å². The van der Waals surface area contributed by atoms with E-state index in [0.29, 0.717) is 31.0 Å². The van der Waals surface area contributed by atoms with Gasteiger partial charge in [0, 0.05) is 24.5 Å². The summed E-state index contributed by atoms with van der Waals surface area (Å²) in [6.45, 7) is 1.04. The second kappa shape index (κ2) is 7.46. The summed E-state index contributed by atoms with van der Waals surface area (Å²) < 4.78 is 0. The van der Waals surface area contributed by atoms with E-state index in [0.717, 1.165) is 24.8 Å². The molecule has 0 aromatic heterocycles. The predicted molar refractivity (Wildman–Crippen MR) is 81.3 cm³/mol. The maximum Gasteiger partial charge on any atom is 0.308 e. The van der Waals surface area contributed by atoms with Crippen molar-refractivity contribution in [3.05, 3.63) is 34.9 Å². The van der Waals surface area contributed by atoms with E-state index in [1.165, 1.54) is 0 Å². The molecule has 0 bridgehead atoms. The molecule has 0 aliphatic carbocycles. The molecular weight excluding hydrogens is 290 g/mol. The van der Waals surface area contributed by atoms with Crippen molar-refractivity contribution in [1.29, 1.82) is 0 Å². The third kappa shape index (κ3) is 4.74. The Morgan fingerprint density at radius 1 is 1.29 bits per heavy atom. The largest absolute Gasteiger partial charge is 0.481 e. The van der Waals surface area contributed by atoms with Crippen LogP contribution in [0.4, 0.5) is 0 Å². The van der Waals surface area contributed by atoms with Crippen molar-refractivity contribution >= 4 is 23.5 Å². The van der Waals surface area contributed by atoms with Gasteiger partial charge in [-0.05, 0) is 43.4 Å². The third-order valence-electron chi connectivity index (χ3n) is 3.89. The van der Waals surface area contributed by atoms with Crippen LogP contribution in [0.2, 0.25) is 5.02 Å². The van der Waals surface area contributed by atoms with E-state index in [9.17, 15) is 9.59 Å². The number of rotatable bonds is 5. The van der Waals surface area contributed by atoms with Crippen molar-refractivity contribution in [2.45, 2.75) is 32.1 Å². The van der Waals surface area contributed by atoms with E-state index < -0.39 is 11.9 Å². The Hall–Kier alpha value is -1.55. The van der Waals surface area contributed by atoms with Crippen LogP contribution in [0.1, 0.15) is 31.2 Å². The Balaban J connectivity index is 1.76. The van der Waals surface area contributed by atoms with Crippen LogP contribution in [0.25, 0.3) is 0 Å². The fourth-order valence-corrected chi connectivity index (χ4v) is 2.78. The minimum Gasteiger partial charge on any atom is -0.481 e. The van der Waals surface area contributed by atoms with Gasteiger partial charge in [-0.3, -0.25) is 9.59 Å². The second-order valence-corrected chi connectivity index (χ2v) is 5.93. The third-order valence-corrected chi connectivity index (χ3v) is 4.14. The number of nitrogens with zero attached hydrogens (tertiary/aromatic N) is 1. The van der Waals surface area contributed by atoms with Gasteiger partial charge in [-0.25, -0.2) is 0 Å². The number of carboxylic acid groups (broad SMARTS) is 1. The van der Waals surface area contributed by atoms with Crippen LogP contribution in [-0.2, 0) is 16.0 Å². The lowest BCUT2D eigenvalue weighted by atomic mass is 9.98. The van der Waals surface area contributed by atoms with Crippen molar-refractivity contribution in [2.75, 3.05) is 13.1 Å². The first-order valence-electron chi connectivity index (χ1n) is 7.31. The molecule has 1 atom stereocenters. The highest BCUT2D eigenvalue weighted by Crippen LogP contribution is 2.18. The second-order valence-electron chi connectivity index (χ2n) is 5.50. The molecule has 0 spiro atoms. The highest BCUT2D eigenvalue weighted by molar-refractivity contribution is 6.30. The lowest BCUT2D eigenvalue weighted by Gasteiger charge is -2.30. The van der Waals surface area contributed by atoms with Crippen LogP contribution < -0.4 is 0 Å². The van der Waals surface area contributed by atoms with Crippen molar-refractivity contribution in [1.82, 2.24) is 4.90 Å². The number of amides is 1. The lowest BCUT2D eigenvalue weighted by Crippen LogP contribution is -2.42. The Bertz CT molecular complexity index is 501. The number of carbonyl (C=O) groups is 2. The quantitative estimate of drug-likeness (QED) is 0.909. The van der Waals surface area contributed by atoms with E-state index in [4.69, 9.17) is 16.7 Å². The first-order valence-corrected chi connectivity index (χ1v) is 7.69. The summed E-state index contributed by atoms with van der Waals surface area (Å²) in [6, 6.07) is 7.63. The van der Waals surface area contributed by atoms with Gasteiger partial charge in [0.2, 0.25) is 5.91 Å². The number of hydrogen-bond donors (Lipinski definition) is 1. The summed E-state index contributed by atoms with van der Waals surface area (Å²) in [4.78, 5) is 24.8. The summed E-state index contributed by atoms with van der Waals surface area (Å²) in [5.41, 5.74) is 1.16. The predicted octanol–water partition coefficient (Wildman–Crippen LogP) is 2.99. The van der Waals surface area contributed by atoms with Gasteiger partial charge in [0.25, 0.3) is 0 Å². The van der Waals surface area contributed by atoms with Crippen LogP contribution in [-0.4, -0.2) is 35.0 Å². The number of hydrogen-bond acceptors (Lipinski definition) is 2. The number of aliphatic carboxylic acids is 1. The average Bonchev–Trinajstić information content (AvgIpc) is 2.49. The molecule has 0 saturated carbocycles. The van der Waals surface area contributed by atoms with Gasteiger partial charge in [-0.2, -0.15) is 0 Å². The van der Waals surface area contributed by atoms with Crippen LogP contribution >= 0.6 is 11.6 Å². The molecule has 1 N–H and O–H groups in total. The molecule has 1 saturated heterocycles. The number of carbonyl (C=O) groups excluding carboxylic acids is 1. The fraction of sp³-hybridized carbons (Fsp3) is 0.500. The standard InChI is InChI=1S/C16H20ClNO3/c17-14-8-6-12(7-9-14)3-1-5-15(19)18-10-2-4-13(11-18)16(20)21/h6-9,13H,1-5,10-11H2,(H,20,21)/t13-/m0/s1. The maximum atomic E-state index is 12.1. The number of benzene rings is 1. The molecule has 1 aliphatic heterocycles. The van der Waals surface area contributed by atoms with E-state index in [-0.39, 0.29) is 5.91 Å². The van der Waals surface area contributed by atoms with E-state index in [2.05, 4.69) is 0 Å². The number of likely N-dealkylation sites (tertiary alicyclic amines) is 1. The highest BCUT2D eigenvalue weighted by atomic mass is 35.5. The Labute approximate surface area is 129 Å². The molecule has 1 amide bonds. The van der Waals surface area contributed by atoms with E-state index in [1.807, 2.05) is 24.3 Å². The van der Waals surface area contributed by atoms with Crippen LogP contribution in [0, 0.1) is 5.92 Å². The molecule has 114 valence electrons. The number of aryl methyl sites for hydroxylation is 1. The van der Waals surface area contributed by atoms with Crippen molar-refractivity contribution in [2.24, 2.45) is 5.92 Å². The molecule has 0 unspecified atom stereocenters. The van der Waals surface area contributed by atoms with Crippen molar-refractivity contribution in [3.8, 4) is 0 Å². The molecule has 1 fully saturated rings. The van der Waals surface area contributed by atoms with Gasteiger partial charge in [0.15, 0.2) is 0 Å². The molecule has 1 aromatic carbocycles. The SMILES string of the molecule is O=C(O)[C@H]1CCCN(C(=O)CCCc2ccc(Cl)cc2)C1. The molecule has 0 radical (unpaired) electrons. The lowest BCUT2D eigenvalue weighted by molar-refractivity contribution is -0.145. The van der Waals surface area contributed by atoms with Crippen LogP contribution in [0.3, 0.4) is 0 Å². The number of piperidine rings is 1. The zero-order valence-electron chi connectivity index (χ0n) is 11.9. The molecule has 2 rings (SSSR count). The van der Waals surface area contributed by atoms with Gasteiger partial charge in [-0.1, -0.05) is 23.7 Å². The monoisotopic (exact) mass is 309 g/mol. The van der Waals surface area contributed by atoms with E-state index in [1.54, 1.807) is 4.90 Å². The summed E-state index contributed by atoms with van der Waals surface area (Å²) in [5.74, 6) is -1.14. The van der Waals surface area contributed by atoms with E-state index >= 15 is 0 Å². The first-order chi connectivity index (χ1) is 10.1. The van der Waals surface area contributed by atoms with Gasteiger partial charge in [0.05, 0.1) is 5.92 Å². The zero-order valence-corrected chi connectivity index (χ0v) is 12.7. The average molecular weight is 310 g/mol. The van der Waals surface area contributed by atoms with Gasteiger partial charge < -0.3 is 10.0 Å². The van der Waals surface area contributed by atoms with Crippen LogP contribution in [0.15, 0.2) is 24.3 Å².